The Morgan fingerprint density at radius 2 is 1.69 bits per heavy atom. The molecule has 152 valence electrons. The number of allylic oxidation sites excluding steroid dienone is 2. The summed E-state index contributed by atoms with van der Waals surface area (Å²) in [7, 11) is 0. The molecule has 0 saturated carbocycles. The molecule has 0 spiro atoms. The van der Waals surface area contributed by atoms with Gasteiger partial charge in [-0.1, -0.05) is 53.6 Å². The Morgan fingerprint density at radius 1 is 1.03 bits per heavy atom. The van der Waals surface area contributed by atoms with Crippen molar-refractivity contribution in [2.24, 2.45) is 0 Å². The van der Waals surface area contributed by atoms with Crippen LogP contribution in [0.1, 0.15) is 56.0 Å². The molecule has 0 amide bonds. The molecule has 4 heteroatoms. The number of hydrogen-bond acceptors (Lipinski definition) is 4. The minimum absolute atomic E-state index is 0.0625. The van der Waals surface area contributed by atoms with Crippen LogP contribution in [-0.4, -0.2) is 22.3 Å². The summed E-state index contributed by atoms with van der Waals surface area (Å²) < 4.78 is 6.62. The van der Waals surface area contributed by atoms with Crippen LogP contribution in [0.2, 0.25) is 0 Å². The highest BCUT2D eigenvalue weighted by molar-refractivity contribution is 6.00. The lowest BCUT2D eigenvalue weighted by Crippen LogP contribution is -2.41. The third-order valence-corrected chi connectivity index (χ3v) is 5.42. The van der Waals surface area contributed by atoms with Gasteiger partial charge in [0.05, 0.1) is 12.0 Å². The highest BCUT2D eigenvalue weighted by Gasteiger charge is 2.45. The fraction of sp³-hybridized carbons (Fsp3) is 0.320. The van der Waals surface area contributed by atoms with Crippen molar-refractivity contribution in [3.05, 3.63) is 88.5 Å². The molecule has 0 aliphatic carbocycles. The van der Waals surface area contributed by atoms with Gasteiger partial charge in [0.2, 0.25) is 0 Å². The second-order valence-corrected chi connectivity index (χ2v) is 7.80. The monoisotopic (exact) mass is 392 g/mol. The molecule has 2 N–H and O–H groups in total. The molecule has 2 aromatic rings. The second kappa shape index (κ2) is 8.76. The quantitative estimate of drug-likeness (QED) is 0.541. The van der Waals surface area contributed by atoms with Crippen molar-refractivity contribution in [2.45, 2.75) is 51.9 Å². The van der Waals surface area contributed by atoms with Crippen LogP contribution >= 0.6 is 0 Å². The lowest BCUT2D eigenvalue weighted by Gasteiger charge is -2.41. The van der Waals surface area contributed by atoms with Gasteiger partial charge in [0, 0.05) is 5.56 Å². The maximum absolute atomic E-state index is 13.1. The summed E-state index contributed by atoms with van der Waals surface area (Å²) in [6.45, 7) is 5.95. The highest BCUT2D eigenvalue weighted by Crippen LogP contribution is 2.46. The van der Waals surface area contributed by atoms with Crippen LogP contribution in [0, 0.1) is 0 Å². The van der Waals surface area contributed by atoms with Crippen molar-refractivity contribution in [3.63, 3.8) is 0 Å². The van der Waals surface area contributed by atoms with Crippen LogP contribution in [0.4, 0.5) is 0 Å². The topological polar surface area (TPSA) is 66.8 Å². The van der Waals surface area contributed by atoms with Crippen molar-refractivity contribution in [1.82, 2.24) is 0 Å². The number of aliphatic hydroxyl groups is 2. The van der Waals surface area contributed by atoms with Gasteiger partial charge in [0.25, 0.3) is 0 Å². The van der Waals surface area contributed by atoms with Crippen molar-refractivity contribution in [2.75, 3.05) is 0 Å². The Labute approximate surface area is 172 Å². The van der Waals surface area contributed by atoms with Gasteiger partial charge in [-0.05, 0) is 57.4 Å². The van der Waals surface area contributed by atoms with Crippen LogP contribution in [0.3, 0.4) is 0 Å². The van der Waals surface area contributed by atoms with E-state index in [0.29, 0.717) is 24.2 Å². The van der Waals surface area contributed by atoms with Crippen LogP contribution in [-0.2, 0) is 5.60 Å². The van der Waals surface area contributed by atoms with Crippen molar-refractivity contribution in [3.8, 4) is 5.75 Å². The summed E-state index contributed by atoms with van der Waals surface area (Å²) in [6, 6.07) is 17.3. The fourth-order valence-corrected chi connectivity index (χ4v) is 4.06. The molecular formula is C25H28O4. The van der Waals surface area contributed by atoms with E-state index in [-0.39, 0.29) is 12.2 Å². The molecule has 4 nitrogen and oxygen atoms in total. The summed E-state index contributed by atoms with van der Waals surface area (Å²) in [6.07, 6.45) is 1.50. The Hall–Kier alpha value is -2.69. The molecule has 0 fully saturated rings. The van der Waals surface area contributed by atoms with E-state index < -0.39 is 11.9 Å². The summed E-state index contributed by atoms with van der Waals surface area (Å²) in [5.74, 6) is 0.664. The van der Waals surface area contributed by atoms with Crippen molar-refractivity contribution < 1.29 is 19.7 Å². The van der Waals surface area contributed by atoms with E-state index in [9.17, 15) is 15.0 Å². The molecule has 3 rings (SSSR count). The van der Waals surface area contributed by atoms with Crippen LogP contribution < -0.4 is 4.74 Å². The lowest BCUT2D eigenvalue weighted by molar-refractivity contribution is 0.00162. The Morgan fingerprint density at radius 3 is 2.34 bits per heavy atom. The first kappa shape index (κ1) is 21.0. The fourth-order valence-electron chi connectivity index (χ4n) is 4.06. The van der Waals surface area contributed by atoms with Crippen LogP contribution in [0.5, 0.6) is 5.75 Å². The van der Waals surface area contributed by atoms with Crippen molar-refractivity contribution >= 4 is 5.78 Å². The number of ether oxygens (including phenoxy) is 1. The number of fused-ring (bicyclic) bond motifs is 1. The molecule has 1 heterocycles. The number of carbonyl (C=O) groups excluding carboxylic acids is 1. The number of ketones is 1. The van der Waals surface area contributed by atoms with Crippen molar-refractivity contribution in [1.29, 1.82) is 0 Å². The Balaban J connectivity index is 2.09. The smallest absolute Gasteiger partial charge is 0.171 e. The zero-order valence-electron chi connectivity index (χ0n) is 17.2. The first-order valence-corrected chi connectivity index (χ1v) is 9.90. The third-order valence-electron chi connectivity index (χ3n) is 5.42. The standard InChI is InChI=1S/C25H28O4/c1-17(2)21(14-13-18(3)15-24(27)28)25(19-9-5-4-6-10-19)16-22(26)20-11-7-8-12-23(20)29-25/h4-12,15,24,27-28H,13-14,16H2,1-3H3/b18-15+. The summed E-state index contributed by atoms with van der Waals surface area (Å²) in [5, 5.41) is 18.4. The van der Waals surface area contributed by atoms with Gasteiger partial charge in [-0.15, -0.1) is 0 Å². The van der Waals surface area contributed by atoms with E-state index in [1.54, 1.807) is 0 Å². The van der Waals surface area contributed by atoms with E-state index in [0.717, 1.165) is 22.3 Å². The minimum atomic E-state index is -1.47. The molecule has 0 aromatic heterocycles. The van der Waals surface area contributed by atoms with Gasteiger partial charge in [0.1, 0.15) is 5.75 Å². The SMILES string of the molecule is CC(C)=C(CC/C(C)=C/C(O)O)C1(c2ccccc2)CC(=O)c2ccccc2O1. The number of aliphatic hydroxyl groups excluding tert-OH is 1. The molecule has 1 aliphatic heterocycles. The summed E-state index contributed by atoms with van der Waals surface area (Å²) >= 11 is 0. The van der Waals surface area contributed by atoms with E-state index in [4.69, 9.17) is 4.74 Å². The highest BCUT2D eigenvalue weighted by atomic mass is 16.5. The van der Waals surface area contributed by atoms with Gasteiger partial charge >= 0.3 is 0 Å². The van der Waals surface area contributed by atoms with Crippen LogP contribution in [0.15, 0.2) is 77.4 Å². The molecule has 2 aromatic carbocycles. The Kier molecular flexibility index (Phi) is 6.36. The first-order chi connectivity index (χ1) is 13.8. The number of rotatable bonds is 6. The lowest BCUT2D eigenvalue weighted by atomic mass is 9.75. The number of Topliss-reactive ketones (excluding diaryl/α,β-unsaturated/α-hetero) is 1. The average molecular weight is 392 g/mol. The van der Waals surface area contributed by atoms with Gasteiger partial charge in [0.15, 0.2) is 17.7 Å². The second-order valence-electron chi connectivity index (χ2n) is 7.80. The predicted molar refractivity (Wildman–Crippen MR) is 114 cm³/mol. The summed E-state index contributed by atoms with van der Waals surface area (Å²) in [5.41, 5.74) is 3.72. The molecule has 0 saturated heterocycles. The third kappa shape index (κ3) is 4.50. The largest absolute Gasteiger partial charge is 0.477 e. The van der Waals surface area contributed by atoms with Gasteiger partial charge in [-0.3, -0.25) is 4.79 Å². The number of benzene rings is 2. The van der Waals surface area contributed by atoms with E-state index >= 15 is 0 Å². The molecule has 1 atom stereocenters. The van der Waals surface area contributed by atoms with Gasteiger partial charge in [-0.25, -0.2) is 0 Å². The normalized spacial score (nSPS) is 19.0. The molecule has 29 heavy (non-hydrogen) atoms. The predicted octanol–water partition coefficient (Wildman–Crippen LogP) is 4.92. The molecular weight excluding hydrogens is 364 g/mol. The Bertz CT molecular complexity index is 936. The minimum Gasteiger partial charge on any atom is -0.477 e. The van der Waals surface area contributed by atoms with Gasteiger partial charge < -0.3 is 14.9 Å². The zero-order valence-corrected chi connectivity index (χ0v) is 17.2. The molecule has 0 radical (unpaired) electrons. The van der Waals surface area contributed by atoms with E-state index in [1.165, 1.54) is 6.08 Å². The number of carbonyl (C=O) groups is 1. The number of para-hydroxylation sites is 1. The zero-order chi connectivity index (χ0) is 21.0. The van der Waals surface area contributed by atoms with Gasteiger partial charge in [-0.2, -0.15) is 0 Å². The van der Waals surface area contributed by atoms with Crippen LogP contribution in [0.25, 0.3) is 0 Å². The molecule has 0 bridgehead atoms. The molecule has 1 unspecified atom stereocenters. The number of hydrogen-bond donors (Lipinski definition) is 2. The summed E-state index contributed by atoms with van der Waals surface area (Å²) in [4.78, 5) is 13.1. The van der Waals surface area contributed by atoms with E-state index in [2.05, 4.69) is 0 Å². The first-order valence-electron chi connectivity index (χ1n) is 9.90. The molecule has 1 aliphatic rings. The average Bonchev–Trinajstić information content (AvgIpc) is 2.68. The van der Waals surface area contributed by atoms with E-state index in [1.807, 2.05) is 75.4 Å². The maximum atomic E-state index is 13.1. The maximum Gasteiger partial charge on any atom is 0.171 e.